The Balaban J connectivity index is 4.00. The van der Waals surface area contributed by atoms with E-state index >= 15 is 0 Å². The van der Waals surface area contributed by atoms with Crippen molar-refractivity contribution in [2.75, 3.05) is 20.2 Å². The lowest BCUT2D eigenvalue weighted by atomic mass is 10.1. The summed E-state index contributed by atoms with van der Waals surface area (Å²) in [5.74, 6) is -0.205. The van der Waals surface area contributed by atoms with E-state index in [1.54, 1.807) is 0 Å². The van der Waals surface area contributed by atoms with E-state index in [9.17, 15) is 4.79 Å². The molecule has 0 spiro atoms. The number of hydrogen-bond acceptors (Lipinski definition) is 5. The Morgan fingerprint density at radius 2 is 1.59 bits per heavy atom. The molecule has 0 saturated heterocycles. The highest BCUT2D eigenvalue weighted by Gasteiger charge is 2.31. The van der Waals surface area contributed by atoms with E-state index < -0.39 is 16.6 Å². The van der Waals surface area contributed by atoms with Gasteiger partial charge in [-0.2, -0.15) is 0 Å². The lowest BCUT2D eigenvalue weighted by molar-refractivity contribution is -0.147. The van der Waals surface area contributed by atoms with Crippen LogP contribution in [0.3, 0.4) is 0 Å². The van der Waals surface area contributed by atoms with Crippen molar-refractivity contribution in [2.45, 2.75) is 97.3 Å². The van der Waals surface area contributed by atoms with Crippen molar-refractivity contribution in [3.8, 4) is 0 Å². The third-order valence-electron chi connectivity index (χ3n) is 5.27. The first-order chi connectivity index (χ1) is 12.4. The lowest BCUT2D eigenvalue weighted by Crippen LogP contribution is -2.43. The lowest BCUT2D eigenvalue weighted by Gasteiger charge is -2.33. The smallest absolute Gasteiger partial charge is 0.309 e. The average Bonchev–Trinajstić information content (AvgIpc) is 2.59. The van der Waals surface area contributed by atoms with Gasteiger partial charge in [0.15, 0.2) is 16.6 Å². The molecule has 3 unspecified atom stereocenters. The molecule has 0 amide bonds. The van der Waals surface area contributed by atoms with Gasteiger partial charge in [-0.3, -0.25) is 4.79 Å². The molecule has 27 heavy (non-hydrogen) atoms. The monoisotopic (exact) mass is 418 g/mol. The van der Waals surface area contributed by atoms with Crippen LogP contribution in [-0.2, 0) is 13.6 Å². The zero-order valence-corrected chi connectivity index (χ0v) is 21.4. The molecule has 0 aromatic carbocycles. The molecule has 0 aliphatic carbocycles. The van der Waals surface area contributed by atoms with Crippen LogP contribution in [0.2, 0.25) is 38.3 Å². The molecule has 162 valence electrons. The van der Waals surface area contributed by atoms with Crippen LogP contribution >= 0.6 is 0 Å². The van der Waals surface area contributed by atoms with E-state index in [1.807, 2.05) is 14.0 Å². The number of ether oxygens (including phenoxy) is 1. The summed E-state index contributed by atoms with van der Waals surface area (Å²) in [6, 6.07) is 3.13. The average molecular weight is 419 g/mol. The molecule has 0 aliphatic rings. The van der Waals surface area contributed by atoms with Crippen molar-refractivity contribution in [3.05, 3.63) is 0 Å². The molecule has 0 rings (SSSR count). The minimum Gasteiger partial charge on any atom is -0.465 e. The van der Waals surface area contributed by atoms with Gasteiger partial charge in [-0.05, 0) is 78.4 Å². The van der Waals surface area contributed by atoms with Crippen LogP contribution in [0, 0.1) is 5.92 Å². The van der Waals surface area contributed by atoms with Gasteiger partial charge in [0, 0.05) is 18.6 Å². The summed E-state index contributed by atoms with van der Waals surface area (Å²) in [6.45, 7) is 18.8. The molecule has 0 bridgehead atoms. The van der Waals surface area contributed by atoms with E-state index in [1.165, 1.54) is 0 Å². The first-order valence-corrected chi connectivity index (χ1v) is 16.9. The van der Waals surface area contributed by atoms with Crippen LogP contribution in [0.5, 0.6) is 0 Å². The maximum Gasteiger partial charge on any atom is 0.309 e. The van der Waals surface area contributed by atoms with Crippen molar-refractivity contribution in [3.63, 3.8) is 0 Å². The Morgan fingerprint density at radius 1 is 1.00 bits per heavy atom. The normalized spacial score (nSPS) is 16.0. The molecule has 0 saturated carbocycles. The van der Waals surface area contributed by atoms with Crippen LogP contribution < -0.4 is 10.6 Å². The molecule has 0 aromatic heterocycles. The van der Waals surface area contributed by atoms with Crippen LogP contribution in [0.25, 0.3) is 0 Å². The highest BCUT2D eigenvalue weighted by atomic mass is 28.4. The van der Waals surface area contributed by atoms with Gasteiger partial charge in [-0.15, -0.1) is 0 Å². The molecule has 2 N–H and O–H groups in total. The maximum atomic E-state index is 12.2. The quantitative estimate of drug-likeness (QED) is 0.235. The second-order valence-corrected chi connectivity index (χ2v) is 18.3. The Morgan fingerprint density at radius 3 is 2.15 bits per heavy atom. The number of hydrogen-bond donors (Lipinski definition) is 2. The molecule has 0 fully saturated rings. The van der Waals surface area contributed by atoms with Gasteiger partial charge in [0.2, 0.25) is 0 Å². The molecule has 0 aliphatic heterocycles. The van der Waals surface area contributed by atoms with Crippen LogP contribution in [-0.4, -0.2) is 54.9 Å². The summed E-state index contributed by atoms with van der Waals surface area (Å²) < 4.78 is 12.0. The largest absolute Gasteiger partial charge is 0.465 e. The van der Waals surface area contributed by atoms with E-state index in [0.717, 1.165) is 31.4 Å². The summed E-state index contributed by atoms with van der Waals surface area (Å²) >= 11 is 0. The highest BCUT2D eigenvalue weighted by Crippen LogP contribution is 2.22. The molecular formula is C20H46N2O3Si2. The fourth-order valence-electron chi connectivity index (χ4n) is 2.89. The fraction of sp³-hybridized carbons (Fsp3) is 0.950. The maximum absolute atomic E-state index is 12.2. The minimum atomic E-state index is -1.66. The number of nitrogens with one attached hydrogen (secondary N) is 2. The summed E-state index contributed by atoms with van der Waals surface area (Å²) in [5.41, 5.74) is 0. The summed E-state index contributed by atoms with van der Waals surface area (Å²) in [6.07, 6.45) is 3.13. The Kier molecular flexibility index (Phi) is 13.0. The van der Waals surface area contributed by atoms with Crippen molar-refractivity contribution in [1.82, 2.24) is 10.6 Å². The number of esters is 1. The van der Waals surface area contributed by atoms with Crippen molar-refractivity contribution < 1.29 is 13.6 Å². The molecule has 0 radical (unpaired) electrons. The Hall–Kier alpha value is -0.216. The molecule has 0 heterocycles. The van der Waals surface area contributed by atoms with Crippen molar-refractivity contribution in [2.24, 2.45) is 5.92 Å². The van der Waals surface area contributed by atoms with Gasteiger partial charge in [0.05, 0.1) is 12.5 Å². The van der Waals surface area contributed by atoms with E-state index in [4.69, 9.17) is 8.85 Å². The molecule has 5 nitrogen and oxygen atoms in total. The second kappa shape index (κ2) is 13.1. The summed E-state index contributed by atoms with van der Waals surface area (Å²) in [7, 11) is -1.18. The number of carbonyl (C=O) groups is 1. The molecule has 3 atom stereocenters. The highest BCUT2D eigenvalue weighted by molar-refractivity contribution is 6.84. The minimum absolute atomic E-state index is 0.0954. The fourth-order valence-corrected chi connectivity index (χ4v) is 10.9. The standard InChI is InChI=1S/C20H46N2O3Si2/c1-10-26(6,7)25-27(8,9)15-11-14-24-20(23)17(2)16-22-19(4)13-12-18(3)21-5/h17-19,21-22H,10-16H2,1-9H3. The first-order valence-electron chi connectivity index (χ1n) is 10.7. The Labute approximate surface area is 170 Å². The van der Waals surface area contributed by atoms with Gasteiger partial charge in [0.1, 0.15) is 0 Å². The van der Waals surface area contributed by atoms with Gasteiger partial charge < -0.3 is 19.5 Å². The predicted octanol–water partition coefficient (Wildman–Crippen LogP) is 4.37. The van der Waals surface area contributed by atoms with Crippen molar-refractivity contribution in [1.29, 1.82) is 0 Å². The van der Waals surface area contributed by atoms with Crippen LogP contribution in [0.1, 0.15) is 47.0 Å². The van der Waals surface area contributed by atoms with Gasteiger partial charge in [-0.25, -0.2) is 0 Å². The third-order valence-corrected chi connectivity index (χ3v) is 13.0. The number of carbonyl (C=O) groups excluding carboxylic acids is 1. The number of rotatable bonds is 15. The van der Waals surface area contributed by atoms with Crippen LogP contribution in [0.4, 0.5) is 0 Å². The summed E-state index contributed by atoms with van der Waals surface area (Å²) in [4.78, 5) is 12.2. The molecule has 0 aromatic rings. The zero-order chi connectivity index (χ0) is 21.1. The third kappa shape index (κ3) is 13.6. The topological polar surface area (TPSA) is 59.6 Å². The second-order valence-electron chi connectivity index (χ2n) is 9.22. The van der Waals surface area contributed by atoms with Crippen molar-refractivity contribution >= 4 is 22.6 Å². The molecular weight excluding hydrogens is 372 g/mol. The van der Waals surface area contributed by atoms with E-state index in [2.05, 4.69) is 57.6 Å². The SMILES string of the molecule is CC[Si](C)(C)O[Si](C)(C)CCCOC(=O)C(C)CNC(C)CCC(C)NC. The van der Waals surface area contributed by atoms with Gasteiger partial charge >= 0.3 is 5.97 Å². The summed E-state index contributed by atoms with van der Waals surface area (Å²) in [5, 5.41) is 6.70. The molecule has 7 heteroatoms. The van der Waals surface area contributed by atoms with Gasteiger partial charge in [0.25, 0.3) is 0 Å². The Bertz CT molecular complexity index is 420. The van der Waals surface area contributed by atoms with Crippen LogP contribution in [0.15, 0.2) is 0 Å². The van der Waals surface area contributed by atoms with Gasteiger partial charge in [-0.1, -0.05) is 13.8 Å². The zero-order valence-electron chi connectivity index (χ0n) is 19.4. The van der Waals surface area contributed by atoms with E-state index in [0.29, 0.717) is 25.2 Å². The first kappa shape index (κ1) is 26.8. The van der Waals surface area contributed by atoms with E-state index in [-0.39, 0.29) is 11.9 Å². The predicted molar refractivity (Wildman–Crippen MR) is 121 cm³/mol.